The number of nitrogens with two attached hydrogens (primary N) is 2. The fourth-order valence-electron chi connectivity index (χ4n) is 4.68. The number of benzene rings is 2. The highest BCUT2D eigenvalue weighted by Gasteiger charge is 2.25. The molecule has 0 spiro atoms. The molecular weight excluding hydrogens is 458 g/mol. The number of methoxy groups -OCH3 is 1. The van der Waals surface area contributed by atoms with Crippen LogP contribution in [-0.2, 0) is 13.1 Å². The maximum Gasteiger partial charge on any atom is 0.254 e. The van der Waals surface area contributed by atoms with E-state index in [-0.39, 0.29) is 23.3 Å². The summed E-state index contributed by atoms with van der Waals surface area (Å²) in [5.41, 5.74) is 15.2. The molecule has 5 N–H and O–H groups in total. The predicted octanol–water partition coefficient (Wildman–Crippen LogP) is 2.41. The number of carbonyl (C=O) groups is 2. The molecule has 2 aliphatic heterocycles. The lowest BCUT2D eigenvalue weighted by Crippen LogP contribution is -2.43. The van der Waals surface area contributed by atoms with Crippen LogP contribution >= 0.6 is 0 Å². The maximum absolute atomic E-state index is 13.3. The Kier molecular flexibility index (Phi) is 6.43. The molecular formula is C26H29N7O3. The van der Waals surface area contributed by atoms with E-state index in [9.17, 15) is 9.59 Å². The van der Waals surface area contributed by atoms with E-state index in [0.717, 1.165) is 36.3 Å². The van der Waals surface area contributed by atoms with Crippen LogP contribution in [0.25, 0.3) is 0 Å². The molecule has 1 saturated heterocycles. The molecule has 3 heterocycles. The van der Waals surface area contributed by atoms with Gasteiger partial charge >= 0.3 is 0 Å². The minimum absolute atomic E-state index is 0.0510. The van der Waals surface area contributed by atoms with Gasteiger partial charge in [-0.05, 0) is 54.3 Å². The average Bonchev–Trinajstić information content (AvgIpc) is 3.31. The van der Waals surface area contributed by atoms with E-state index in [1.165, 1.54) is 6.20 Å². The molecule has 10 heteroatoms. The number of primary amides is 1. The molecule has 0 unspecified atom stereocenters. The first-order chi connectivity index (χ1) is 17.4. The number of hydrogen-bond acceptors (Lipinski definition) is 8. The molecule has 5 rings (SSSR count). The molecule has 0 bridgehead atoms. The van der Waals surface area contributed by atoms with Crippen molar-refractivity contribution in [1.29, 1.82) is 0 Å². The zero-order chi connectivity index (χ0) is 25.2. The quantitative estimate of drug-likeness (QED) is 0.482. The third kappa shape index (κ3) is 4.80. The monoisotopic (exact) mass is 487 g/mol. The Morgan fingerprint density at radius 2 is 1.97 bits per heavy atom. The molecule has 2 amide bonds. The molecule has 2 aliphatic rings. The van der Waals surface area contributed by atoms with Crippen molar-refractivity contribution in [2.45, 2.75) is 32.0 Å². The number of rotatable bonds is 6. The summed E-state index contributed by atoms with van der Waals surface area (Å²) in [4.78, 5) is 38.1. The Bertz CT molecular complexity index is 1310. The van der Waals surface area contributed by atoms with Crippen LogP contribution in [0.4, 0.5) is 17.5 Å². The van der Waals surface area contributed by atoms with Gasteiger partial charge in [0.1, 0.15) is 17.1 Å². The van der Waals surface area contributed by atoms with E-state index in [1.807, 2.05) is 29.2 Å². The minimum Gasteiger partial charge on any atom is -0.497 e. The first-order valence-corrected chi connectivity index (χ1v) is 11.9. The van der Waals surface area contributed by atoms with Crippen LogP contribution in [0.3, 0.4) is 0 Å². The van der Waals surface area contributed by atoms with E-state index in [2.05, 4.69) is 15.3 Å². The molecule has 1 fully saturated rings. The normalized spacial score (nSPS) is 17.0. The molecule has 10 nitrogen and oxygen atoms in total. The van der Waals surface area contributed by atoms with Gasteiger partial charge in [0.05, 0.1) is 7.11 Å². The van der Waals surface area contributed by atoms with Gasteiger partial charge in [-0.1, -0.05) is 12.1 Å². The van der Waals surface area contributed by atoms with Crippen molar-refractivity contribution in [2.24, 2.45) is 11.5 Å². The van der Waals surface area contributed by atoms with Gasteiger partial charge in [-0.25, -0.2) is 4.98 Å². The summed E-state index contributed by atoms with van der Waals surface area (Å²) < 4.78 is 5.31. The van der Waals surface area contributed by atoms with Gasteiger partial charge in [-0.3, -0.25) is 9.59 Å². The van der Waals surface area contributed by atoms with Crippen molar-refractivity contribution in [2.75, 3.05) is 30.4 Å². The van der Waals surface area contributed by atoms with E-state index < -0.39 is 5.91 Å². The Morgan fingerprint density at radius 3 is 2.75 bits per heavy atom. The van der Waals surface area contributed by atoms with E-state index >= 15 is 0 Å². The Balaban J connectivity index is 1.36. The van der Waals surface area contributed by atoms with Crippen LogP contribution in [-0.4, -0.2) is 52.9 Å². The van der Waals surface area contributed by atoms with Crippen LogP contribution in [0.5, 0.6) is 5.75 Å². The van der Waals surface area contributed by atoms with Crippen molar-refractivity contribution in [3.05, 3.63) is 70.9 Å². The first kappa shape index (κ1) is 23.6. The summed E-state index contributed by atoms with van der Waals surface area (Å²) in [6.45, 7) is 2.48. The number of fused-ring (bicyclic) bond motifs is 1. The van der Waals surface area contributed by atoms with Crippen LogP contribution in [0, 0.1) is 0 Å². The highest BCUT2D eigenvalue weighted by Crippen LogP contribution is 2.29. The number of nitrogens with one attached hydrogen (secondary N) is 1. The molecule has 3 aromatic rings. The molecule has 36 heavy (non-hydrogen) atoms. The summed E-state index contributed by atoms with van der Waals surface area (Å²) in [6.07, 6.45) is 3.33. The summed E-state index contributed by atoms with van der Waals surface area (Å²) >= 11 is 0. The van der Waals surface area contributed by atoms with Gasteiger partial charge in [0.15, 0.2) is 0 Å². The first-order valence-electron chi connectivity index (χ1n) is 11.9. The van der Waals surface area contributed by atoms with Crippen molar-refractivity contribution < 1.29 is 14.3 Å². The van der Waals surface area contributed by atoms with Gasteiger partial charge in [0, 0.05) is 49.7 Å². The predicted molar refractivity (Wildman–Crippen MR) is 136 cm³/mol. The number of hydrogen-bond donors (Lipinski definition) is 3. The highest BCUT2D eigenvalue weighted by molar-refractivity contribution is 5.99. The minimum atomic E-state index is -0.642. The van der Waals surface area contributed by atoms with Crippen LogP contribution in [0.15, 0.2) is 48.7 Å². The highest BCUT2D eigenvalue weighted by atomic mass is 16.5. The van der Waals surface area contributed by atoms with E-state index in [1.54, 1.807) is 30.2 Å². The van der Waals surface area contributed by atoms with Crippen molar-refractivity contribution in [1.82, 2.24) is 14.9 Å². The van der Waals surface area contributed by atoms with Gasteiger partial charge in [-0.2, -0.15) is 4.98 Å². The molecule has 186 valence electrons. The fourth-order valence-corrected chi connectivity index (χ4v) is 4.68. The standard InChI is InChI=1S/C26H29N7O3/c1-36-21-8-7-17-13-33(14-18(17)11-21)25(35)16-4-2-6-20(10-16)30-24-22(23(28)34)12-29-26(31-24)32-9-3-5-19(27)15-32/h2,4,6-8,10-12,19H,3,5,9,13-15,27H2,1H3,(H2,28,34)(H,29,30,31)/t19-/m0/s1. The lowest BCUT2D eigenvalue weighted by atomic mass is 10.1. The molecule has 0 saturated carbocycles. The second-order valence-corrected chi connectivity index (χ2v) is 9.15. The number of ether oxygens (including phenoxy) is 1. The van der Waals surface area contributed by atoms with Crippen LogP contribution < -0.4 is 26.4 Å². The zero-order valence-electron chi connectivity index (χ0n) is 20.1. The molecule has 1 atom stereocenters. The van der Waals surface area contributed by atoms with Crippen molar-refractivity contribution >= 4 is 29.3 Å². The van der Waals surface area contributed by atoms with Gasteiger partial charge < -0.3 is 31.3 Å². The molecule has 1 aromatic heterocycles. The van der Waals surface area contributed by atoms with E-state index in [4.69, 9.17) is 16.2 Å². The van der Waals surface area contributed by atoms with Crippen molar-refractivity contribution in [3.63, 3.8) is 0 Å². The third-order valence-electron chi connectivity index (χ3n) is 6.58. The zero-order valence-corrected chi connectivity index (χ0v) is 20.1. The summed E-state index contributed by atoms with van der Waals surface area (Å²) in [5, 5.41) is 3.17. The smallest absolute Gasteiger partial charge is 0.254 e. The number of piperidine rings is 1. The lowest BCUT2D eigenvalue weighted by Gasteiger charge is -2.31. The Morgan fingerprint density at radius 1 is 1.14 bits per heavy atom. The second-order valence-electron chi connectivity index (χ2n) is 9.15. The molecule has 0 aliphatic carbocycles. The van der Waals surface area contributed by atoms with Crippen molar-refractivity contribution in [3.8, 4) is 5.75 Å². The summed E-state index contributed by atoms with van der Waals surface area (Å²) in [6, 6.07) is 13.0. The van der Waals surface area contributed by atoms with E-state index in [0.29, 0.717) is 36.8 Å². The Hall–Kier alpha value is -4.18. The molecule has 0 radical (unpaired) electrons. The fraction of sp³-hybridized carbons (Fsp3) is 0.308. The molecule has 2 aromatic carbocycles. The number of amides is 2. The van der Waals surface area contributed by atoms with Crippen LogP contribution in [0.1, 0.15) is 44.7 Å². The van der Waals surface area contributed by atoms with Gasteiger partial charge in [0.25, 0.3) is 11.8 Å². The third-order valence-corrected chi connectivity index (χ3v) is 6.58. The SMILES string of the molecule is COc1ccc2c(c1)CN(C(=O)c1cccc(Nc3nc(N4CCC[C@H](N)C4)ncc3C(N)=O)c1)C2. The lowest BCUT2D eigenvalue weighted by molar-refractivity contribution is 0.0751. The van der Waals surface area contributed by atoms with Gasteiger partial charge in [0.2, 0.25) is 5.95 Å². The number of anilines is 3. The number of nitrogens with zero attached hydrogens (tertiary/aromatic N) is 4. The summed E-state index contributed by atoms with van der Waals surface area (Å²) in [7, 11) is 1.63. The average molecular weight is 488 g/mol. The number of carbonyl (C=O) groups excluding carboxylic acids is 2. The number of aromatic nitrogens is 2. The van der Waals surface area contributed by atoms with Crippen LogP contribution in [0.2, 0.25) is 0 Å². The topological polar surface area (TPSA) is 140 Å². The Labute approximate surface area is 209 Å². The largest absolute Gasteiger partial charge is 0.497 e. The van der Waals surface area contributed by atoms with Gasteiger partial charge in [-0.15, -0.1) is 0 Å². The summed E-state index contributed by atoms with van der Waals surface area (Å²) in [5.74, 6) is 0.814. The maximum atomic E-state index is 13.3. The second kappa shape index (κ2) is 9.82.